The molecule has 0 saturated heterocycles. The average Bonchev–Trinajstić information content (AvgIpc) is 2.74. The lowest BCUT2D eigenvalue weighted by Crippen LogP contribution is -2.09. The molecule has 30 heavy (non-hydrogen) atoms. The predicted molar refractivity (Wildman–Crippen MR) is 106 cm³/mol. The van der Waals surface area contributed by atoms with Crippen LogP contribution in [0.1, 0.15) is 0 Å². The number of fused-ring (bicyclic) bond motifs is 1. The van der Waals surface area contributed by atoms with Crippen molar-refractivity contribution in [3.8, 4) is 57.3 Å². The molecule has 10 nitrogen and oxygen atoms in total. The molecule has 160 valence electrons. The fourth-order valence-corrected chi connectivity index (χ4v) is 3.11. The van der Waals surface area contributed by atoms with Crippen molar-refractivity contribution >= 4 is 11.0 Å². The minimum Gasteiger partial charge on any atom is -0.504 e. The minimum absolute atomic E-state index is 0.0570. The lowest BCUT2D eigenvalue weighted by Gasteiger charge is -2.16. The Hall–Kier alpha value is -3.95. The molecule has 10 heteroatoms. The summed E-state index contributed by atoms with van der Waals surface area (Å²) in [7, 11) is 6.40. The molecule has 0 amide bonds. The molecule has 2 aromatic carbocycles. The van der Waals surface area contributed by atoms with Crippen LogP contribution < -0.4 is 29.1 Å². The highest BCUT2D eigenvalue weighted by molar-refractivity contribution is 5.96. The van der Waals surface area contributed by atoms with Crippen LogP contribution in [0.15, 0.2) is 21.3 Å². The van der Waals surface area contributed by atoms with E-state index < -0.39 is 16.9 Å². The zero-order valence-electron chi connectivity index (χ0n) is 16.9. The van der Waals surface area contributed by atoms with Gasteiger partial charge in [-0.3, -0.25) is 4.79 Å². The van der Waals surface area contributed by atoms with E-state index in [1.165, 1.54) is 47.7 Å². The van der Waals surface area contributed by atoms with Gasteiger partial charge >= 0.3 is 0 Å². The van der Waals surface area contributed by atoms with Gasteiger partial charge in [0.25, 0.3) is 0 Å². The second-order valence-electron chi connectivity index (χ2n) is 5.99. The van der Waals surface area contributed by atoms with Crippen molar-refractivity contribution in [3.05, 3.63) is 22.4 Å². The van der Waals surface area contributed by atoms with E-state index >= 15 is 0 Å². The quantitative estimate of drug-likeness (QED) is 0.546. The van der Waals surface area contributed by atoms with Crippen LogP contribution in [0.25, 0.3) is 22.3 Å². The first-order chi connectivity index (χ1) is 14.3. The first kappa shape index (κ1) is 20.8. The van der Waals surface area contributed by atoms with E-state index in [1.807, 2.05) is 0 Å². The van der Waals surface area contributed by atoms with Crippen molar-refractivity contribution in [3.63, 3.8) is 0 Å². The smallest absolute Gasteiger partial charge is 0.239 e. The van der Waals surface area contributed by atoms with Crippen molar-refractivity contribution in [2.24, 2.45) is 0 Å². The maximum absolute atomic E-state index is 13.1. The molecule has 0 spiro atoms. The van der Waals surface area contributed by atoms with E-state index in [2.05, 4.69) is 0 Å². The van der Waals surface area contributed by atoms with Gasteiger partial charge < -0.3 is 43.4 Å². The summed E-state index contributed by atoms with van der Waals surface area (Å²) in [4.78, 5) is 13.1. The maximum Gasteiger partial charge on any atom is 0.239 e. The van der Waals surface area contributed by atoms with Gasteiger partial charge in [0.15, 0.2) is 28.6 Å². The molecule has 3 N–H and O–H groups in total. The standard InChI is InChI=1S/C20H20O10/c1-25-9-6-8(7-10(26-2)12(9)21)16-19(28-4)14(23)11-13(22)18(27-3)15(24)20(29-5)17(11)30-16/h6-7,21-22,24H,1-5H3. The lowest BCUT2D eigenvalue weighted by molar-refractivity contribution is 0.322. The highest BCUT2D eigenvalue weighted by Crippen LogP contribution is 2.51. The summed E-state index contributed by atoms with van der Waals surface area (Å²) in [6, 6.07) is 2.81. The lowest BCUT2D eigenvalue weighted by atomic mass is 10.1. The van der Waals surface area contributed by atoms with Crippen LogP contribution in [0, 0.1) is 0 Å². The number of hydrogen-bond acceptors (Lipinski definition) is 10. The van der Waals surface area contributed by atoms with Crippen LogP contribution in [0.4, 0.5) is 0 Å². The largest absolute Gasteiger partial charge is 0.504 e. The second-order valence-corrected chi connectivity index (χ2v) is 5.99. The minimum atomic E-state index is -0.742. The number of phenols is 3. The molecule has 3 rings (SSSR count). The summed E-state index contributed by atoms with van der Waals surface area (Å²) in [6.07, 6.45) is 0. The van der Waals surface area contributed by atoms with Crippen LogP contribution in [0.3, 0.4) is 0 Å². The molecule has 1 aromatic heterocycles. The number of methoxy groups -OCH3 is 5. The van der Waals surface area contributed by atoms with Gasteiger partial charge in [0.05, 0.1) is 35.5 Å². The van der Waals surface area contributed by atoms with Gasteiger partial charge in [-0.1, -0.05) is 0 Å². The molecule has 0 aliphatic heterocycles. The van der Waals surface area contributed by atoms with Crippen LogP contribution >= 0.6 is 0 Å². The fourth-order valence-electron chi connectivity index (χ4n) is 3.11. The van der Waals surface area contributed by atoms with Crippen molar-refractivity contribution < 1.29 is 43.4 Å². The van der Waals surface area contributed by atoms with Gasteiger partial charge in [-0.25, -0.2) is 0 Å². The molecule has 0 saturated carbocycles. The van der Waals surface area contributed by atoms with E-state index in [0.717, 1.165) is 0 Å². The van der Waals surface area contributed by atoms with Crippen LogP contribution in [-0.4, -0.2) is 50.9 Å². The third-order valence-corrected chi connectivity index (χ3v) is 4.51. The first-order valence-electron chi connectivity index (χ1n) is 8.50. The Bertz CT molecular complexity index is 1150. The second kappa shape index (κ2) is 7.82. The van der Waals surface area contributed by atoms with E-state index in [4.69, 9.17) is 28.1 Å². The van der Waals surface area contributed by atoms with Crippen LogP contribution in [-0.2, 0) is 0 Å². The summed E-state index contributed by atoms with van der Waals surface area (Å²) in [5.74, 6) is -2.22. The molecule has 0 bridgehead atoms. The Morgan fingerprint density at radius 1 is 0.700 bits per heavy atom. The Morgan fingerprint density at radius 2 is 1.23 bits per heavy atom. The molecule has 1 heterocycles. The molecule has 0 aliphatic carbocycles. The average molecular weight is 420 g/mol. The van der Waals surface area contributed by atoms with Gasteiger partial charge in [-0.15, -0.1) is 0 Å². The van der Waals surface area contributed by atoms with E-state index in [1.54, 1.807) is 0 Å². The third-order valence-electron chi connectivity index (χ3n) is 4.51. The molecule has 0 atom stereocenters. The number of aromatic hydroxyl groups is 3. The molecule has 3 aromatic rings. The zero-order valence-corrected chi connectivity index (χ0v) is 16.9. The third kappa shape index (κ3) is 2.93. The van der Waals surface area contributed by atoms with Crippen LogP contribution in [0.5, 0.6) is 46.0 Å². The van der Waals surface area contributed by atoms with Crippen molar-refractivity contribution in [1.29, 1.82) is 0 Å². The van der Waals surface area contributed by atoms with Gasteiger partial charge in [-0.05, 0) is 12.1 Å². The number of rotatable bonds is 6. The number of benzene rings is 2. The first-order valence-corrected chi connectivity index (χ1v) is 8.50. The summed E-state index contributed by atoms with van der Waals surface area (Å²) in [5.41, 5.74) is -0.719. The highest BCUT2D eigenvalue weighted by atomic mass is 16.5. The normalized spacial score (nSPS) is 10.7. The summed E-state index contributed by atoms with van der Waals surface area (Å²) in [5, 5.41) is 30.7. The SMILES string of the molecule is COc1cc(-c2oc3c(OC)c(O)c(OC)c(O)c3c(=O)c2OC)cc(OC)c1O. The number of phenolic OH excluding ortho intramolecular Hbond substituents is 3. The Morgan fingerprint density at radius 3 is 1.70 bits per heavy atom. The van der Waals surface area contributed by atoms with Gasteiger partial charge in [0.2, 0.25) is 34.2 Å². The Kier molecular flexibility index (Phi) is 5.41. The summed E-state index contributed by atoms with van der Waals surface area (Å²) < 4.78 is 31.5. The molecular weight excluding hydrogens is 400 g/mol. The van der Waals surface area contributed by atoms with E-state index in [0.29, 0.717) is 0 Å². The molecule has 0 radical (unpaired) electrons. The van der Waals surface area contributed by atoms with E-state index in [-0.39, 0.29) is 56.8 Å². The van der Waals surface area contributed by atoms with E-state index in [9.17, 15) is 20.1 Å². The molecular formula is C20H20O10. The van der Waals surface area contributed by atoms with Gasteiger partial charge in [0, 0.05) is 5.56 Å². The summed E-state index contributed by atoms with van der Waals surface area (Å²) >= 11 is 0. The number of ether oxygens (including phenoxy) is 5. The van der Waals surface area contributed by atoms with Crippen molar-refractivity contribution in [1.82, 2.24) is 0 Å². The number of hydrogen-bond donors (Lipinski definition) is 3. The van der Waals surface area contributed by atoms with Crippen LogP contribution in [0.2, 0.25) is 0 Å². The zero-order chi connectivity index (χ0) is 22.2. The van der Waals surface area contributed by atoms with Gasteiger partial charge in [0.1, 0.15) is 5.39 Å². The highest BCUT2D eigenvalue weighted by Gasteiger charge is 2.29. The topological polar surface area (TPSA) is 137 Å². The monoisotopic (exact) mass is 420 g/mol. The molecule has 0 unspecified atom stereocenters. The maximum atomic E-state index is 13.1. The van der Waals surface area contributed by atoms with Crippen molar-refractivity contribution in [2.45, 2.75) is 0 Å². The molecule has 0 fully saturated rings. The van der Waals surface area contributed by atoms with Gasteiger partial charge in [-0.2, -0.15) is 0 Å². The fraction of sp³-hybridized carbons (Fsp3) is 0.250. The van der Waals surface area contributed by atoms with Crippen molar-refractivity contribution in [2.75, 3.05) is 35.5 Å². The molecule has 0 aliphatic rings. The summed E-state index contributed by atoms with van der Waals surface area (Å²) in [6.45, 7) is 0. The predicted octanol–water partition coefficient (Wildman–Crippen LogP) is 2.62. The Balaban J connectivity index is 2.50. The Labute approximate surface area is 170 Å².